The van der Waals surface area contributed by atoms with E-state index in [-0.39, 0.29) is 17.3 Å². The van der Waals surface area contributed by atoms with Gasteiger partial charge < -0.3 is 19.0 Å². The number of benzene rings is 1. The van der Waals surface area contributed by atoms with Crippen molar-refractivity contribution in [1.29, 1.82) is 0 Å². The van der Waals surface area contributed by atoms with Crippen LogP contribution in [0.5, 0.6) is 5.75 Å². The van der Waals surface area contributed by atoms with E-state index in [0.29, 0.717) is 18.6 Å². The Labute approximate surface area is 208 Å². The fourth-order valence-corrected chi connectivity index (χ4v) is 3.83. The molecule has 190 valence electrons. The molecule has 0 aliphatic rings. The number of rotatable bonds is 11. The van der Waals surface area contributed by atoms with Crippen LogP contribution in [0.4, 0.5) is 4.79 Å². The van der Waals surface area contributed by atoms with Crippen LogP contribution >= 0.6 is 0 Å². The van der Waals surface area contributed by atoms with E-state index in [4.69, 9.17) is 13.9 Å². The minimum absolute atomic E-state index is 0.222. The topological polar surface area (TPSA) is 130 Å². The molecule has 36 heavy (non-hydrogen) atoms. The molecule has 0 fully saturated rings. The molecule has 0 bridgehead atoms. The maximum absolute atomic E-state index is 13.0. The first-order valence-electron chi connectivity index (χ1n) is 12.0. The predicted molar refractivity (Wildman–Crippen MR) is 137 cm³/mol. The van der Waals surface area contributed by atoms with Crippen molar-refractivity contribution in [3.8, 4) is 5.75 Å². The van der Waals surface area contributed by atoms with Crippen molar-refractivity contribution in [3.63, 3.8) is 0 Å². The van der Waals surface area contributed by atoms with Crippen LogP contribution in [0, 0.1) is 0 Å². The summed E-state index contributed by atoms with van der Waals surface area (Å²) in [5, 5.41) is 22.0. The molecule has 2 heterocycles. The number of furan rings is 1. The molecule has 2 aromatic heterocycles. The van der Waals surface area contributed by atoms with Crippen LogP contribution in [0.1, 0.15) is 79.8 Å². The third-order valence-electron chi connectivity index (χ3n) is 5.89. The highest BCUT2D eigenvalue weighted by molar-refractivity contribution is 6.12. The van der Waals surface area contributed by atoms with E-state index in [2.05, 4.69) is 18.3 Å². The van der Waals surface area contributed by atoms with E-state index in [1.807, 2.05) is 18.2 Å². The molecule has 0 saturated carbocycles. The largest absolute Gasteiger partial charge is 0.507 e. The summed E-state index contributed by atoms with van der Waals surface area (Å²) in [4.78, 5) is 36.0. The molecular weight excluding hydrogens is 462 g/mol. The second kappa shape index (κ2) is 12.1. The first-order chi connectivity index (χ1) is 17.2. The molecular formula is C28H31NO7. The number of amides is 1. The van der Waals surface area contributed by atoms with Crippen molar-refractivity contribution < 1.29 is 28.6 Å². The number of Topliss-reactive ketones (excluding diaryl/α,β-unsaturated/α-hetero) is 1. The van der Waals surface area contributed by atoms with Gasteiger partial charge in [0.1, 0.15) is 28.4 Å². The van der Waals surface area contributed by atoms with Gasteiger partial charge in [-0.25, -0.2) is 9.59 Å². The first-order valence-corrected chi connectivity index (χ1v) is 12.0. The average molecular weight is 494 g/mol. The molecule has 1 unspecified atom stereocenters. The summed E-state index contributed by atoms with van der Waals surface area (Å²) >= 11 is 0. The third-order valence-corrected chi connectivity index (χ3v) is 5.89. The van der Waals surface area contributed by atoms with Crippen molar-refractivity contribution in [1.82, 2.24) is 5.32 Å². The Balaban J connectivity index is 1.75. The minimum atomic E-state index is -1.16. The molecule has 0 radical (unpaired) electrons. The normalized spacial score (nSPS) is 12.8. The molecule has 3 aromatic rings. The van der Waals surface area contributed by atoms with E-state index < -0.39 is 28.8 Å². The Morgan fingerprint density at radius 3 is 2.64 bits per heavy atom. The lowest BCUT2D eigenvalue weighted by molar-refractivity contribution is 0.102. The Kier molecular flexibility index (Phi) is 8.89. The third kappa shape index (κ3) is 6.75. The molecule has 1 aromatic carbocycles. The summed E-state index contributed by atoms with van der Waals surface area (Å²) in [6.45, 7) is 5.50. The number of ketones is 1. The van der Waals surface area contributed by atoms with Crippen LogP contribution in [0.3, 0.4) is 0 Å². The van der Waals surface area contributed by atoms with Gasteiger partial charge >= 0.3 is 11.7 Å². The molecule has 0 spiro atoms. The number of aromatic hydroxyl groups is 1. The summed E-state index contributed by atoms with van der Waals surface area (Å²) in [6, 6.07) is 9.15. The molecule has 0 aliphatic heterocycles. The fraction of sp³-hybridized carbons (Fsp3) is 0.321. The van der Waals surface area contributed by atoms with Gasteiger partial charge in [-0.2, -0.15) is 0 Å². The second-order valence-electron chi connectivity index (χ2n) is 8.81. The summed E-state index contributed by atoms with van der Waals surface area (Å²) in [6.07, 6.45) is 7.57. The summed E-state index contributed by atoms with van der Waals surface area (Å²) in [5.74, 6) is -0.613. The lowest BCUT2D eigenvalue weighted by Crippen LogP contribution is -2.16. The Morgan fingerprint density at radius 1 is 1.17 bits per heavy atom. The summed E-state index contributed by atoms with van der Waals surface area (Å²) in [7, 11) is 0. The highest BCUT2D eigenvalue weighted by Crippen LogP contribution is 2.27. The van der Waals surface area contributed by atoms with Crippen molar-refractivity contribution in [2.75, 3.05) is 0 Å². The Morgan fingerprint density at radius 2 is 1.94 bits per heavy atom. The highest BCUT2D eigenvalue weighted by Gasteiger charge is 2.22. The van der Waals surface area contributed by atoms with Gasteiger partial charge in [0.15, 0.2) is 5.78 Å². The second-order valence-corrected chi connectivity index (χ2v) is 8.81. The zero-order valence-corrected chi connectivity index (χ0v) is 20.7. The molecule has 8 nitrogen and oxygen atoms in total. The van der Waals surface area contributed by atoms with Crippen LogP contribution in [-0.2, 0) is 6.42 Å². The molecule has 8 heteroatoms. The van der Waals surface area contributed by atoms with Crippen LogP contribution < -0.4 is 10.9 Å². The Hall–Kier alpha value is -4.07. The number of hydrogen-bond acceptors (Lipinski definition) is 6. The number of allylic oxidation sites excluding steroid dienone is 2. The van der Waals surface area contributed by atoms with E-state index in [1.54, 1.807) is 26.0 Å². The summed E-state index contributed by atoms with van der Waals surface area (Å²) < 4.78 is 11.2. The van der Waals surface area contributed by atoms with Crippen molar-refractivity contribution in [2.24, 2.45) is 0 Å². The van der Waals surface area contributed by atoms with Crippen molar-refractivity contribution in [2.45, 2.75) is 58.8 Å². The number of unbranched alkanes of at least 4 members (excludes halogenated alkanes) is 1. The molecule has 3 N–H and O–H groups in total. The number of carbonyl (C=O) groups excluding carboxylic acids is 1. The molecule has 1 amide bonds. The van der Waals surface area contributed by atoms with Gasteiger partial charge in [-0.15, -0.1) is 0 Å². The zero-order valence-electron chi connectivity index (χ0n) is 20.7. The highest BCUT2D eigenvalue weighted by atomic mass is 16.4. The number of carboxylic acid groups (broad SMARTS) is 1. The smallest absolute Gasteiger partial charge is 0.408 e. The van der Waals surface area contributed by atoms with Crippen LogP contribution in [-0.4, -0.2) is 22.1 Å². The van der Waals surface area contributed by atoms with E-state index in [9.17, 15) is 19.5 Å². The number of nitrogens with one attached hydrogen (secondary N) is 1. The monoisotopic (exact) mass is 493 g/mol. The molecule has 3 rings (SSSR count). The SMILES string of the molecule is CCCCc1ccc2cc(/C=C(\C)C(=O)c3c(O)cc(C(C)CC/C=C/NC(=O)O)oc3=O)oc2c1. The number of aryl methyl sites for hydroxylation is 1. The quantitative estimate of drug-likeness (QED) is 0.208. The predicted octanol–water partition coefficient (Wildman–Crippen LogP) is 6.39. The van der Waals surface area contributed by atoms with Gasteiger partial charge in [0, 0.05) is 29.1 Å². The maximum atomic E-state index is 13.0. The van der Waals surface area contributed by atoms with Gasteiger partial charge in [-0.05, 0) is 56.4 Å². The van der Waals surface area contributed by atoms with E-state index in [0.717, 1.165) is 30.2 Å². The lowest BCUT2D eigenvalue weighted by atomic mass is 9.99. The van der Waals surface area contributed by atoms with Gasteiger partial charge in [-0.3, -0.25) is 10.1 Å². The van der Waals surface area contributed by atoms with Crippen LogP contribution in [0.15, 0.2) is 61.8 Å². The van der Waals surface area contributed by atoms with Gasteiger partial charge in [0.25, 0.3) is 0 Å². The lowest BCUT2D eigenvalue weighted by Gasteiger charge is -2.11. The maximum Gasteiger partial charge on any atom is 0.408 e. The van der Waals surface area contributed by atoms with E-state index in [1.165, 1.54) is 17.8 Å². The van der Waals surface area contributed by atoms with Crippen molar-refractivity contribution >= 4 is 28.9 Å². The average Bonchev–Trinajstić information content (AvgIpc) is 3.22. The van der Waals surface area contributed by atoms with Crippen LogP contribution in [0.25, 0.3) is 17.0 Å². The molecule has 0 saturated heterocycles. The summed E-state index contributed by atoms with van der Waals surface area (Å²) in [5.41, 5.74) is 0.794. The van der Waals surface area contributed by atoms with Crippen molar-refractivity contribution in [3.05, 3.63) is 81.2 Å². The molecule has 0 aliphatic carbocycles. The fourth-order valence-electron chi connectivity index (χ4n) is 3.83. The first kappa shape index (κ1) is 26.5. The Bertz CT molecular complexity index is 1360. The van der Waals surface area contributed by atoms with Crippen LogP contribution in [0.2, 0.25) is 0 Å². The van der Waals surface area contributed by atoms with E-state index >= 15 is 0 Å². The number of hydrogen-bond donors (Lipinski definition) is 3. The standard InChI is InChI=1S/C28H31NO7/c1-4-5-9-19-10-11-20-15-21(35-24(20)14-19)13-18(3)26(31)25-22(30)16-23(36-27(25)32)17(2)8-6-7-12-29-28(33)34/h7,10-17,29-30H,4-6,8-9H2,1-3H3,(H,33,34)/b12-7+,18-13+. The number of carbonyl (C=O) groups is 2. The zero-order chi connectivity index (χ0) is 26.2. The number of fused-ring (bicyclic) bond motifs is 1. The van der Waals surface area contributed by atoms with Gasteiger partial charge in [0.05, 0.1) is 0 Å². The van der Waals surface area contributed by atoms with Gasteiger partial charge in [-0.1, -0.05) is 38.5 Å². The minimum Gasteiger partial charge on any atom is -0.507 e. The van der Waals surface area contributed by atoms with Gasteiger partial charge in [0.2, 0.25) is 0 Å². The molecule has 1 atom stereocenters.